The molecule has 1 aliphatic rings. The van der Waals surface area contributed by atoms with Gasteiger partial charge in [0.2, 0.25) is 0 Å². The second-order valence-corrected chi connectivity index (χ2v) is 4.83. The van der Waals surface area contributed by atoms with Gasteiger partial charge in [0.25, 0.3) is 5.91 Å². The van der Waals surface area contributed by atoms with E-state index in [1.165, 1.54) is 4.90 Å². The van der Waals surface area contributed by atoms with Crippen LogP contribution in [0.2, 0.25) is 0 Å². The molecule has 1 aromatic heterocycles. The number of carbonyl (C=O) groups is 1. The second-order valence-electron chi connectivity index (χ2n) is 4.07. The van der Waals surface area contributed by atoms with Crippen molar-refractivity contribution in [3.63, 3.8) is 0 Å². The molecule has 0 saturated carbocycles. The molecular formula is C9H16N5OS+. The van der Waals surface area contributed by atoms with Crippen LogP contribution in [0.5, 0.6) is 0 Å². The minimum Gasteiger partial charge on any atom is -0.335 e. The zero-order valence-electron chi connectivity index (χ0n) is 9.49. The molecule has 0 aromatic carbocycles. The van der Waals surface area contributed by atoms with Gasteiger partial charge in [-0.3, -0.25) is 10.2 Å². The van der Waals surface area contributed by atoms with Gasteiger partial charge in [0.05, 0.1) is 38.9 Å². The van der Waals surface area contributed by atoms with Gasteiger partial charge >= 0.3 is 0 Å². The SMILES string of the molecule is Cc1nnsc1C(=O)NN1CC[NH+](C)CC1. The molecule has 88 valence electrons. The maximum Gasteiger partial charge on any atom is 0.279 e. The molecule has 0 radical (unpaired) electrons. The summed E-state index contributed by atoms with van der Waals surface area (Å²) in [7, 11) is 2.16. The summed E-state index contributed by atoms with van der Waals surface area (Å²) >= 11 is 1.14. The van der Waals surface area contributed by atoms with E-state index >= 15 is 0 Å². The Balaban J connectivity index is 1.91. The number of piperazine rings is 1. The van der Waals surface area contributed by atoms with Crippen LogP contribution < -0.4 is 10.3 Å². The topological polar surface area (TPSA) is 62.6 Å². The van der Waals surface area contributed by atoms with Gasteiger partial charge in [0, 0.05) is 0 Å². The van der Waals surface area contributed by atoms with Crippen LogP contribution in [0, 0.1) is 6.92 Å². The van der Waals surface area contributed by atoms with Crippen LogP contribution in [0.1, 0.15) is 15.4 Å². The zero-order valence-corrected chi connectivity index (χ0v) is 10.3. The van der Waals surface area contributed by atoms with Gasteiger partial charge in [-0.25, -0.2) is 5.01 Å². The van der Waals surface area contributed by atoms with Crippen LogP contribution in [-0.4, -0.2) is 53.7 Å². The van der Waals surface area contributed by atoms with Gasteiger partial charge in [0.1, 0.15) is 4.88 Å². The molecule has 6 nitrogen and oxygen atoms in total. The number of likely N-dealkylation sites (N-methyl/N-ethyl adjacent to an activating group) is 1. The summed E-state index contributed by atoms with van der Waals surface area (Å²) < 4.78 is 3.76. The van der Waals surface area contributed by atoms with Crippen molar-refractivity contribution in [1.82, 2.24) is 20.0 Å². The van der Waals surface area contributed by atoms with E-state index in [4.69, 9.17) is 0 Å². The average Bonchev–Trinajstić information content (AvgIpc) is 2.68. The minimum atomic E-state index is -0.0907. The van der Waals surface area contributed by atoms with Gasteiger partial charge in [-0.1, -0.05) is 4.49 Å². The van der Waals surface area contributed by atoms with Crippen molar-refractivity contribution < 1.29 is 9.69 Å². The summed E-state index contributed by atoms with van der Waals surface area (Å²) in [4.78, 5) is 14.0. The van der Waals surface area contributed by atoms with E-state index in [1.807, 2.05) is 5.01 Å². The number of hydrogen-bond donors (Lipinski definition) is 2. The lowest BCUT2D eigenvalue weighted by Crippen LogP contribution is -3.12. The highest BCUT2D eigenvalue weighted by Gasteiger charge is 2.20. The molecule has 1 aromatic rings. The third-order valence-corrected chi connectivity index (χ3v) is 3.56. The maximum atomic E-state index is 11.8. The molecular weight excluding hydrogens is 226 g/mol. The Hall–Kier alpha value is -1.05. The molecule has 0 bridgehead atoms. The lowest BCUT2D eigenvalue weighted by atomic mass is 10.3. The van der Waals surface area contributed by atoms with Crippen molar-refractivity contribution in [3.8, 4) is 0 Å². The number of rotatable bonds is 2. The number of hydrazine groups is 1. The summed E-state index contributed by atoms with van der Waals surface area (Å²) in [6, 6.07) is 0. The van der Waals surface area contributed by atoms with E-state index in [-0.39, 0.29) is 5.91 Å². The normalized spacial score (nSPS) is 18.6. The van der Waals surface area contributed by atoms with Crippen molar-refractivity contribution >= 4 is 17.4 Å². The summed E-state index contributed by atoms with van der Waals surface area (Å²) in [6.07, 6.45) is 0. The molecule has 1 fully saturated rings. The number of nitrogens with one attached hydrogen (secondary N) is 2. The highest BCUT2D eigenvalue weighted by Crippen LogP contribution is 2.08. The minimum absolute atomic E-state index is 0.0907. The first-order chi connectivity index (χ1) is 7.66. The van der Waals surface area contributed by atoms with Gasteiger partial charge in [0.15, 0.2) is 0 Å². The van der Waals surface area contributed by atoms with Crippen LogP contribution in [0.15, 0.2) is 0 Å². The first kappa shape index (κ1) is 11.4. The van der Waals surface area contributed by atoms with E-state index in [1.54, 1.807) is 6.92 Å². The standard InChI is InChI=1S/C9H15N5OS/c1-7-8(16-12-10-7)9(15)11-14-5-3-13(2)4-6-14/h3-6H2,1-2H3,(H,11,15)/p+1. The Bertz CT molecular complexity index is 372. The van der Waals surface area contributed by atoms with Crippen molar-refractivity contribution in [2.75, 3.05) is 33.2 Å². The predicted molar refractivity (Wildman–Crippen MR) is 60.3 cm³/mol. The zero-order chi connectivity index (χ0) is 11.5. The quantitative estimate of drug-likeness (QED) is 0.650. The number of aromatic nitrogens is 2. The van der Waals surface area contributed by atoms with Crippen LogP contribution in [-0.2, 0) is 0 Å². The Morgan fingerprint density at radius 1 is 1.50 bits per heavy atom. The first-order valence-electron chi connectivity index (χ1n) is 5.33. The molecule has 2 N–H and O–H groups in total. The molecule has 1 saturated heterocycles. The summed E-state index contributed by atoms with van der Waals surface area (Å²) in [6.45, 7) is 5.69. The molecule has 7 heteroatoms. The van der Waals surface area contributed by atoms with Crippen molar-refractivity contribution in [2.24, 2.45) is 0 Å². The van der Waals surface area contributed by atoms with Gasteiger partial charge in [-0.2, -0.15) is 0 Å². The Labute approximate surface area is 98.4 Å². The number of carbonyl (C=O) groups excluding carboxylic acids is 1. The van der Waals surface area contributed by atoms with Crippen LogP contribution in [0.3, 0.4) is 0 Å². The molecule has 1 amide bonds. The smallest absolute Gasteiger partial charge is 0.279 e. The fraction of sp³-hybridized carbons (Fsp3) is 0.667. The van der Waals surface area contributed by atoms with Crippen LogP contribution in [0.4, 0.5) is 0 Å². The molecule has 0 spiro atoms. The first-order valence-corrected chi connectivity index (χ1v) is 6.10. The molecule has 0 aliphatic carbocycles. The van der Waals surface area contributed by atoms with E-state index in [2.05, 4.69) is 22.1 Å². The molecule has 2 heterocycles. The third-order valence-electron chi connectivity index (χ3n) is 2.73. The second kappa shape index (κ2) is 4.86. The van der Waals surface area contributed by atoms with Gasteiger partial charge < -0.3 is 4.90 Å². The number of hydrogen-bond acceptors (Lipinski definition) is 5. The Kier molecular flexibility index (Phi) is 3.47. The molecule has 0 unspecified atom stereocenters. The van der Waals surface area contributed by atoms with E-state index in [0.717, 1.165) is 37.7 Å². The van der Waals surface area contributed by atoms with Crippen molar-refractivity contribution in [2.45, 2.75) is 6.92 Å². The molecule has 16 heavy (non-hydrogen) atoms. The molecule has 2 rings (SSSR count). The largest absolute Gasteiger partial charge is 0.335 e. The van der Waals surface area contributed by atoms with Crippen LogP contribution in [0.25, 0.3) is 0 Å². The Morgan fingerprint density at radius 2 is 2.19 bits per heavy atom. The van der Waals surface area contributed by atoms with Gasteiger partial charge in [-0.15, -0.1) is 5.10 Å². The molecule has 1 aliphatic heterocycles. The summed E-state index contributed by atoms with van der Waals surface area (Å²) in [5.41, 5.74) is 3.59. The van der Waals surface area contributed by atoms with E-state index < -0.39 is 0 Å². The predicted octanol–water partition coefficient (Wildman–Crippen LogP) is -1.68. The lowest BCUT2D eigenvalue weighted by molar-refractivity contribution is -0.884. The fourth-order valence-electron chi connectivity index (χ4n) is 1.63. The van der Waals surface area contributed by atoms with Gasteiger partial charge in [-0.05, 0) is 18.5 Å². The average molecular weight is 242 g/mol. The van der Waals surface area contributed by atoms with Crippen LogP contribution >= 0.6 is 11.5 Å². The highest BCUT2D eigenvalue weighted by atomic mass is 32.1. The number of nitrogens with zero attached hydrogens (tertiary/aromatic N) is 3. The fourth-order valence-corrected chi connectivity index (χ4v) is 2.18. The molecule has 0 atom stereocenters. The number of aryl methyl sites for hydroxylation is 1. The summed E-state index contributed by atoms with van der Waals surface area (Å²) in [5.74, 6) is -0.0907. The Morgan fingerprint density at radius 3 is 2.75 bits per heavy atom. The number of amides is 1. The lowest BCUT2D eigenvalue weighted by Gasteiger charge is -2.29. The highest BCUT2D eigenvalue weighted by molar-refractivity contribution is 7.07. The summed E-state index contributed by atoms with van der Waals surface area (Å²) in [5, 5.41) is 5.79. The van der Waals surface area contributed by atoms with Crippen molar-refractivity contribution in [1.29, 1.82) is 0 Å². The monoisotopic (exact) mass is 242 g/mol. The number of quaternary nitrogens is 1. The van der Waals surface area contributed by atoms with Crippen molar-refractivity contribution in [3.05, 3.63) is 10.6 Å². The van der Waals surface area contributed by atoms with E-state index in [9.17, 15) is 4.79 Å². The maximum absolute atomic E-state index is 11.8. The van der Waals surface area contributed by atoms with E-state index in [0.29, 0.717) is 10.6 Å². The third kappa shape index (κ3) is 2.55.